The van der Waals surface area contributed by atoms with Gasteiger partial charge in [-0.05, 0) is 35.8 Å². The molecule has 1 N–H and O–H groups in total. The molecule has 1 aromatic heterocycles. The third-order valence-electron chi connectivity index (χ3n) is 6.10. The molecule has 1 fully saturated rings. The summed E-state index contributed by atoms with van der Waals surface area (Å²) in [5.74, 6) is -1.84. The van der Waals surface area contributed by atoms with Crippen LogP contribution in [0, 0.1) is 22.7 Å². The Labute approximate surface area is 219 Å². The van der Waals surface area contributed by atoms with Crippen LogP contribution in [-0.2, 0) is 16.1 Å². The molecule has 2 heterocycles. The first-order valence-electron chi connectivity index (χ1n) is 11.5. The Morgan fingerprint density at radius 3 is 2.64 bits per heavy atom. The fourth-order valence-electron chi connectivity index (χ4n) is 4.09. The van der Waals surface area contributed by atoms with E-state index in [0.717, 1.165) is 10.0 Å². The van der Waals surface area contributed by atoms with Gasteiger partial charge in [0.25, 0.3) is 11.8 Å². The van der Waals surface area contributed by atoms with Crippen LogP contribution in [0.1, 0.15) is 48.8 Å². The smallest absolute Gasteiger partial charge is 0.264 e. The number of nitrogens with one attached hydrogen (secondary N) is 1. The molecule has 3 rings (SSSR count). The van der Waals surface area contributed by atoms with E-state index in [0.29, 0.717) is 24.3 Å². The summed E-state index contributed by atoms with van der Waals surface area (Å²) >= 11 is 7.12. The minimum atomic E-state index is -0.863. The van der Waals surface area contributed by atoms with Gasteiger partial charge in [0.2, 0.25) is 5.91 Å². The predicted octanol–water partition coefficient (Wildman–Crippen LogP) is 4.03. The van der Waals surface area contributed by atoms with Crippen LogP contribution in [0.4, 0.5) is 4.39 Å². The van der Waals surface area contributed by atoms with Crippen LogP contribution in [0.5, 0.6) is 0 Å². The van der Waals surface area contributed by atoms with Crippen molar-refractivity contribution >= 4 is 40.7 Å². The van der Waals surface area contributed by atoms with Crippen LogP contribution in [0.25, 0.3) is 0 Å². The molecule has 1 saturated heterocycles. The summed E-state index contributed by atoms with van der Waals surface area (Å²) in [6.45, 7) is 5.69. The van der Waals surface area contributed by atoms with Crippen molar-refractivity contribution in [2.75, 3.05) is 13.6 Å². The molecule has 1 aromatic carbocycles. The number of nitrogens with zero attached hydrogens (tertiary/aromatic N) is 4. The molecule has 2 atom stereocenters. The number of carbonyl (C=O) groups is 3. The number of rotatable bonds is 7. The maximum Gasteiger partial charge on any atom is 0.264 e. The SMILES string of the molecule is CN(C(=O)[C@@H]1CCCN1C(=O)[C@@H](NC(=O)c1cccs1)C(C)(C)C)N(C#N)Cc1cccc(Cl)c1F. The lowest BCUT2D eigenvalue weighted by atomic mass is 9.85. The molecule has 0 saturated carbocycles. The van der Waals surface area contributed by atoms with E-state index in [4.69, 9.17) is 11.6 Å². The maximum atomic E-state index is 14.4. The molecular formula is C25H29ClFN5O3S. The standard InChI is InChI=1S/C25H29ClFN5O3S/c1-25(2,3)21(29-22(33)19-11-7-13-36-19)24(35)32-12-6-10-18(32)23(34)30(4)31(15-28)14-16-8-5-9-17(26)20(16)27/h5,7-9,11,13,18,21H,6,10,12,14H2,1-4H3,(H,29,33)/t18-,21+/m0/s1. The van der Waals surface area contributed by atoms with Crippen LogP contribution in [0.15, 0.2) is 35.7 Å². The second-order valence-corrected chi connectivity index (χ2v) is 11.0. The van der Waals surface area contributed by atoms with Gasteiger partial charge in [-0.25, -0.2) is 14.4 Å². The normalized spacial score (nSPS) is 16.2. The molecule has 0 bridgehead atoms. The summed E-state index contributed by atoms with van der Waals surface area (Å²) in [5, 5.41) is 16.3. The fraction of sp³-hybridized carbons (Fsp3) is 0.440. The first-order chi connectivity index (χ1) is 17.0. The third kappa shape index (κ3) is 5.97. The number of likely N-dealkylation sites (tertiary alicyclic amines) is 1. The number of benzene rings is 1. The Bertz CT molecular complexity index is 1160. The minimum absolute atomic E-state index is 0.0789. The number of thiophene rings is 1. The highest BCUT2D eigenvalue weighted by molar-refractivity contribution is 7.12. The number of hydrogen-bond donors (Lipinski definition) is 1. The fourth-order valence-corrected chi connectivity index (χ4v) is 4.91. The van der Waals surface area contributed by atoms with Gasteiger partial charge in [-0.1, -0.05) is 50.6 Å². The zero-order valence-corrected chi connectivity index (χ0v) is 22.2. The van der Waals surface area contributed by atoms with Gasteiger partial charge in [0.15, 0.2) is 6.19 Å². The number of amides is 3. The van der Waals surface area contributed by atoms with Crippen molar-refractivity contribution in [1.82, 2.24) is 20.2 Å². The number of nitriles is 1. The average molecular weight is 534 g/mol. The third-order valence-corrected chi connectivity index (χ3v) is 7.26. The van der Waals surface area contributed by atoms with Crippen LogP contribution < -0.4 is 5.32 Å². The lowest BCUT2D eigenvalue weighted by Crippen LogP contribution is -2.58. The molecule has 3 amide bonds. The van der Waals surface area contributed by atoms with Crippen molar-refractivity contribution in [3.63, 3.8) is 0 Å². The van der Waals surface area contributed by atoms with E-state index >= 15 is 0 Å². The predicted molar refractivity (Wildman–Crippen MR) is 135 cm³/mol. The Morgan fingerprint density at radius 1 is 1.31 bits per heavy atom. The highest BCUT2D eigenvalue weighted by Crippen LogP contribution is 2.28. The summed E-state index contributed by atoms with van der Waals surface area (Å²) in [5.41, 5.74) is -0.457. The summed E-state index contributed by atoms with van der Waals surface area (Å²) in [7, 11) is 1.41. The number of halogens is 2. The van der Waals surface area contributed by atoms with Crippen molar-refractivity contribution in [3.05, 3.63) is 57.0 Å². The molecule has 192 valence electrons. The van der Waals surface area contributed by atoms with Gasteiger partial charge in [0.1, 0.15) is 17.9 Å². The molecule has 0 radical (unpaired) electrons. The summed E-state index contributed by atoms with van der Waals surface area (Å²) in [6.07, 6.45) is 2.91. The summed E-state index contributed by atoms with van der Waals surface area (Å²) < 4.78 is 14.4. The zero-order chi connectivity index (χ0) is 26.6. The molecule has 0 unspecified atom stereocenters. The molecule has 11 heteroatoms. The van der Waals surface area contributed by atoms with E-state index in [1.54, 1.807) is 23.6 Å². The van der Waals surface area contributed by atoms with Crippen molar-refractivity contribution < 1.29 is 18.8 Å². The lowest BCUT2D eigenvalue weighted by Gasteiger charge is -2.37. The Kier molecular flexibility index (Phi) is 8.59. The highest BCUT2D eigenvalue weighted by atomic mass is 35.5. The molecule has 36 heavy (non-hydrogen) atoms. The van der Waals surface area contributed by atoms with E-state index in [9.17, 15) is 24.0 Å². The van der Waals surface area contributed by atoms with E-state index < -0.39 is 29.2 Å². The van der Waals surface area contributed by atoms with Gasteiger partial charge in [0, 0.05) is 19.2 Å². The topological polar surface area (TPSA) is 96.8 Å². The molecular weight excluding hydrogens is 505 g/mol. The second kappa shape index (κ2) is 11.3. The van der Waals surface area contributed by atoms with Crippen LogP contribution in [0.3, 0.4) is 0 Å². The second-order valence-electron chi connectivity index (χ2n) is 9.67. The van der Waals surface area contributed by atoms with Gasteiger partial charge < -0.3 is 10.2 Å². The molecule has 0 aliphatic carbocycles. The van der Waals surface area contributed by atoms with E-state index in [2.05, 4.69) is 5.32 Å². The van der Waals surface area contributed by atoms with E-state index in [1.165, 1.54) is 35.4 Å². The molecule has 1 aliphatic heterocycles. The van der Waals surface area contributed by atoms with Crippen LogP contribution in [-0.4, -0.2) is 58.3 Å². The largest absolute Gasteiger partial charge is 0.339 e. The number of hydrazine groups is 1. The molecule has 8 nitrogen and oxygen atoms in total. The van der Waals surface area contributed by atoms with Crippen LogP contribution in [0.2, 0.25) is 5.02 Å². The van der Waals surface area contributed by atoms with Gasteiger partial charge in [-0.2, -0.15) is 5.26 Å². The molecule has 0 spiro atoms. The summed E-state index contributed by atoms with van der Waals surface area (Å²) in [6, 6.07) is 6.21. The van der Waals surface area contributed by atoms with Gasteiger partial charge in [-0.15, -0.1) is 11.3 Å². The first kappa shape index (κ1) is 27.4. The quantitative estimate of drug-likeness (QED) is 0.329. The number of carbonyl (C=O) groups excluding carboxylic acids is 3. The van der Waals surface area contributed by atoms with Crippen LogP contribution >= 0.6 is 22.9 Å². The minimum Gasteiger partial charge on any atom is -0.339 e. The monoisotopic (exact) mass is 533 g/mol. The van der Waals surface area contributed by atoms with Gasteiger partial charge in [-0.3, -0.25) is 14.4 Å². The molecule has 2 aromatic rings. The van der Waals surface area contributed by atoms with Crippen molar-refractivity contribution in [3.8, 4) is 6.19 Å². The first-order valence-corrected chi connectivity index (χ1v) is 12.7. The Hall–Kier alpha value is -3.16. The summed E-state index contributed by atoms with van der Waals surface area (Å²) in [4.78, 5) is 41.8. The zero-order valence-electron chi connectivity index (χ0n) is 20.6. The highest BCUT2D eigenvalue weighted by Gasteiger charge is 2.43. The average Bonchev–Trinajstić information content (AvgIpc) is 3.54. The lowest BCUT2D eigenvalue weighted by molar-refractivity contribution is -0.152. The molecule has 1 aliphatic rings. The number of likely N-dealkylation sites (N-methyl/N-ethyl adjacent to an activating group) is 1. The maximum absolute atomic E-state index is 14.4. The Morgan fingerprint density at radius 2 is 2.03 bits per heavy atom. The van der Waals surface area contributed by atoms with Crippen molar-refractivity contribution in [2.45, 2.75) is 52.2 Å². The van der Waals surface area contributed by atoms with E-state index in [-0.39, 0.29) is 28.9 Å². The van der Waals surface area contributed by atoms with Gasteiger partial charge >= 0.3 is 0 Å². The van der Waals surface area contributed by atoms with E-state index in [1.807, 2.05) is 27.0 Å². The number of hydrogen-bond acceptors (Lipinski definition) is 6. The Balaban J connectivity index is 1.78. The van der Waals surface area contributed by atoms with Crippen molar-refractivity contribution in [1.29, 1.82) is 5.26 Å². The van der Waals surface area contributed by atoms with Crippen molar-refractivity contribution in [2.24, 2.45) is 5.41 Å². The van der Waals surface area contributed by atoms with Gasteiger partial charge in [0.05, 0.1) is 16.4 Å².